The highest BCUT2D eigenvalue weighted by molar-refractivity contribution is 5.83. The van der Waals surface area contributed by atoms with Crippen LogP contribution in [0.3, 0.4) is 0 Å². The van der Waals surface area contributed by atoms with Crippen molar-refractivity contribution >= 4 is 17.0 Å². The Labute approximate surface area is 164 Å². The van der Waals surface area contributed by atoms with Crippen LogP contribution >= 0.6 is 0 Å². The van der Waals surface area contributed by atoms with Gasteiger partial charge in [0.1, 0.15) is 5.82 Å². The standard InChI is InChI=1S/C25H22N2O/c1-2-8-19(9-3-1)14-21-17-28-18-22(21)16-23-15-20-10-4-5-11-24(20)27(23)25-12-6-7-13-26-25/h1-15,22H,16-18H2/b21-14+/t22-/m0/s1. The van der Waals surface area contributed by atoms with Gasteiger partial charge in [-0.1, -0.05) is 60.7 Å². The lowest BCUT2D eigenvalue weighted by molar-refractivity contribution is 0.188. The number of rotatable bonds is 4. The first-order valence-corrected chi connectivity index (χ1v) is 9.72. The molecule has 1 fully saturated rings. The number of para-hydroxylation sites is 1. The maximum absolute atomic E-state index is 5.84. The van der Waals surface area contributed by atoms with E-state index in [1.54, 1.807) is 0 Å². The number of aromatic nitrogens is 2. The third-order valence-electron chi connectivity index (χ3n) is 5.38. The Morgan fingerprint density at radius 2 is 1.79 bits per heavy atom. The molecule has 138 valence electrons. The van der Waals surface area contributed by atoms with E-state index in [1.165, 1.54) is 27.7 Å². The smallest absolute Gasteiger partial charge is 0.137 e. The molecule has 0 amide bonds. The lowest BCUT2D eigenvalue weighted by Crippen LogP contribution is -2.11. The van der Waals surface area contributed by atoms with Crippen LogP contribution in [0, 0.1) is 5.92 Å². The molecule has 0 N–H and O–H groups in total. The molecule has 1 aliphatic heterocycles. The second kappa shape index (κ2) is 7.45. The molecule has 0 unspecified atom stereocenters. The molecule has 5 rings (SSSR count). The minimum absolute atomic E-state index is 0.381. The number of hydrogen-bond donors (Lipinski definition) is 0. The van der Waals surface area contributed by atoms with Gasteiger partial charge in [0, 0.05) is 23.2 Å². The first kappa shape index (κ1) is 17.0. The van der Waals surface area contributed by atoms with Crippen molar-refractivity contribution in [3.05, 3.63) is 102 Å². The molecule has 0 radical (unpaired) electrons. The fourth-order valence-electron chi connectivity index (χ4n) is 4.03. The Balaban J connectivity index is 1.54. The first-order valence-electron chi connectivity index (χ1n) is 9.72. The van der Waals surface area contributed by atoms with Crippen LogP contribution in [0.1, 0.15) is 11.3 Å². The molecule has 1 aliphatic rings. The van der Waals surface area contributed by atoms with Gasteiger partial charge in [-0.15, -0.1) is 0 Å². The highest BCUT2D eigenvalue weighted by Gasteiger charge is 2.24. The van der Waals surface area contributed by atoms with Gasteiger partial charge in [-0.3, -0.25) is 4.57 Å². The van der Waals surface area contributed by atoms with Gasteiger partial charge >= 0.3 is 0 Å². The van der Waals surface area contributed by atoms with Crippen molar-refractivity contribution in [1.29, 1.82) is 0 Å². The van der Waals surface area contributed by atoms with E-state index in [4.69, 9.17) is 4.74 Å². The van der Waals surface area contributed by atoms with Crippen LogP contribution in [0.2, 0.25) is 0 Å². The Hall–Kier alpha value is -3.17. The molecular formula is C25H22N2O. The van der Waals surface area contributed by atoms with Crippen molar-refractivity contribution in [3.8, 4) is 5.82 Å². The number of ether oxygens (including phenoxy) is 1. The van der Waals surface area contributed by atoms with E-state index in [2.05, 4.69) is 82.4 Å². The molecule has 3 heterocycles. The van der Waals surface area contributed by atoms with Crippen molar-refractivity contribution in [1.82, 2.24) is 9.55 Å². The normalized spacial score (nSPS) is 18.1. The molecule has 1 atom stereocenters. The summed E-state index contributed by atoms with van der Waals surface area (Å²) in [6.07, 6.45) is 5.07. The summed E-state index contributed by atoms with van der Waals surface area (Å²) in [5.41, 5.74) is 5.07. The summed E-state index contributed by atoms with van der Waals surface area (Å²) < 4.78 is 8.13. The molecule has 2 aromatic heterocycles. The van der Waals surface area contributed by atoms with Gasteiger partial charge in [0.15, 0.2) is 0 Å². The van der Waals surface area contributed by atoms with Crippen molar-refractivity contribution < 1.29 is 4.74 Å². The average molecular weight is 366 g/mol. The van der Waals surface area contributed by atoms with Crippen LogP contribution in [0.25, 0.3) is 22.8 Å². The van der Waals surface area contributed by atoms with Crippen LogP contribution in [0.5, 0.6) is 0 Å². The summed E-state index contributed by atoms with van der Waals surface area (Å²) in [6.45, 7) is 1.48. The second-order valence-electron chi connectivity index (χ2n) is 7.26. The van der Waals surface area contributed by atoms with Crippen LogP contribution in [0.15, 0.2) is 90.6 Å². The van der Waals surface area contributed by atoms with Gasteiger partial charge in [0.2, 0.25) is 0 Å². The highest BCUT2D eigenvalue weighted by Crippen LogP contribution is 2.30. The average Bonchev–Trinajstić information content (AvgIpc) is 3.33. The van der Waals surface area contributed by atoms with E-state index < -0.39 is 0 Å². The number of nitrogens with zero attached hydrogens (tertiary/aromatic N) is 2. The van der Waals surface area contributed by atoms with Crippen LogP contribution in [-0.2, 0) is 11.2 Å². The first-order chi connectivity index (χ1) is 13.9. The maximum Gasteiger partial charge on any atom is 0.137 e. The summed E-state index contributed by atoms with van der Waals surface area (Å²) in [7, 11) is 0. The third-order valence-corrected chi connectivity index (χ3v) is 5.38. The minimum atomic E-state index is 0.381. The zero-order valence-electron chi connectivity index (χ0n) is 15.7. The monoisotopic (exact) mass is 366 g/mol. The molecular weight excluding hydrogens is 344 g/mol. The molecule has 1 saturated heterocycles. The number of hydrogen-bond acceptors (Lipinski definition) is 2. The molecule has 3 nitrogen and oxygen atoms in total. The van der Waals surface area contributed by atoms with E-state index in [1.807, 2.05) is 18.3 Å². The predicted molar refractivity (Wildman–Crippen MR) is 114 cm³/mol. The van der Waals surface area contributed by atoms with Crippen molar-refractivity contribution in [2.45, 2.75) is 6.42 Å². The van der Waals surface area contributed by atoms with Gasteiger partial charge in [-0.25, -0.2) is 4.98 Å². The SMILES string of the molecule is C(=C1/COC[C@@H]1Cc1cc2ccccc2n1-c1ccccn1)/c1ccccc1. The Kier molecular flexibility index (Phi) is 4.51. The lowest BCUT2D eigenvalue weighted by Gasteiger charge is -2.14. The maximum atomic E-state index is 5.84. The van der Waals surface area contributed by atoms with E-state index in [0.29, 0.717) is 12.5 Å². The van der Waals surface area contributed by atoms with E-state index in [9.17, 15) is 0 Å². The Morgan fingerprint density at radius 3 is 2.64 bits per heavy atom. The lowest BCUT2D eigenvalue weighted by atomic mass is 9.95. The van der Waals surface area contributed by atoms with Crippen LogP contribution in [0.4, 0.5) is 0 Å². The number of fused-ring (bicyclic) bond motifs is 1. The fourth-order valence-corrected chi connectivity index (χ4v) is 4.03. The summed E-state index contributed by atoms with van der Waals surface area (Å²) in [5, 5.41) is 1.25. The van der Waals surface area contributed by atoms with E-state index in [0.717, 1.165) is 18.8 Å². The van der Waals surface area contributed by atoms with E-state index >= 15 is 0 Å². The third kappa shape index (κ3) is 3.25. The fraction of sp³-hybridized carbons (Fsp3) is 0.160. The number of benzene rings is 2. The van der Waals surface area contributed by atoms with Gasteiger partial charge in [-0.05, 0) is 41.8 Å². The van der Waals surface area contributed by atoms with Gasteiger partial charge < -0.3 is 4.74 Å². The predicted octanol–water partition coefficient (Wildman–Crippen LogP) is 5.30. The molecule has 0 aliphatic carbocycles. The van der Waals surface area contributed by atoms with Gasteiger partial charge in [-0.2, -0.15) is 0 Å². The summed E-state index contributed by atoms with van der Waals surface area (Å²) in [6, 6.07) is 27.4. The zero-order chi connectivity index (χ0) is 18.8. The topological polar surface area (TPSA) is 27.1 Å². The van der Waals surface area contributed by atoms with Crippen molar-refractivity contribution in [3.63, 3.8) is 0 Å². The van der Waals surface area contributed by atoms with Gasteiger partial charge in [0.25, 0.3) is 0 Å². The van der Waals surface area contributed by atoms with E-state index in [-0.39, 0.29) is 0 Å². The van der Waals surface area contributed by atoms with Crippen molar-refractivity contribution in [2.75, 3.05) is 13.2 Å². The molecule has 0 bridgehead atoms. The Bertz CT molecular complexity index is 1110. The molecule has 2 aromatic carbocycles. The minimum Gasteiger partial charge on any atom is -0.376 e. The number of pyridine rings is 1. The van der Waals surface area contributed by atoms with Crippen molar-refractivity contribution in [2.24, 2.45) is 5.92 Å². The van der Waals surface area contributed by atoms with Crippen LogP contribution < -0.4 is 0 Å². The summed E-state index contributed by atoms with van der Waals surface area (Å²) in [5.74, 6) is 1.35. The Morgan fingerprint density at radius 1 is 0.964 bits per heavy atom. The van der Waals surface area contributed by atoms with Gasteiger partial charge in [0.05, 0.1) is 18.7 Å². The summed E-state index contributed by atoms with van der Waals surface area (Å²) >= 11 is 0. The largest absolute Gasteiger partial charge is 0.376 e. The molecule has 4 aromatic rings. The quantitative estimate of drug-likeness (QED) is 0.490. The van der Waals surface area contributed by atoms with Crippen LogP contribution in [-0.4, -0.2) is 22.8 Å². The summed E-state index contributed by atoms with van der Waals surface area (Å²) in [4.78, 5) is 4.61. The molecule has 0 saturated carbocycles. The molecule has 28 heavy (non-hydrogen) atoms. The molecule has 3 heteroatoms. The molecule has 0 spiro atoms. The zero-order valence-corrected chi connectivity index (χ0v) is 15.7. The second-order valence-corrected chi connectivity index (χ2v) is 7.26. The highest BCUT2D eigenvalue weighted by atomic mass is 16.5.